The first-order valence-electron chi connectivity index (χ1n) is 7.49. The Morgan fingerprint density at radius 1 is 0.682 bits per heavy atom. The van der Waals surface area contributed by atoms with Gasteiger partial charge in [0.25, 0.3) is 0 Å². The minimum Gasteiger partial charge on any atom is -0.376 e. The quantitative estimate of drug-likeness (QED) is 0.643. The Labute approximate surface area is 136 Å². The zero-order chi connectivity index (χ0) is 17.0. The molecule has 0 saturated heterocycles. The van der Waals surface area contributed by atoms with E-state index in [0.29, 0.717) is 0 Å². The highest BCUT2D eigenvalue weighted by Gasteiger charge is 2.12. The molecule has 0 amide bonds. The molecule has 22 heavy (non-hydrogen) atoms. The van der Waals surface area contributed by atoms with E-state index in [1.807, 2.05) is 0 Å². The van der Waals surface area contributed by atoms with Crippen LogP contribution in [-0.4, -0.2) is 26.4 Å². The summed E-state index contributed by atoms with van der Waals surface area (Å²) in [7, 11) is -2.97. The van der Waals surface area contributed by atoms with E-state index in [2.05, 4.69) is 62.2 Å². The number of aliphatic hydroxyl groups is 2. The van der Waals surface area contributed by atoms with Gasteiger partial charge in [0, 0.05) is 0 Å². The summed E-state index contributed by atoms with van der Waals surface area (Å²) in [6.45, 7) is 12.9. The van der Waals surface area contributed by atoms with Gasteiger partial charge in [0.15, 0.2) is 0 Å². The lowest BCUT2D eigenvalue weighted by atomic mass is 10.0. The van der Waals surface area contributed by atoms with Gasteiger partial charge in [-0.05, 0) is 11.1 Å². The molecule has 0 bridgehead atoms. The van der Waals surface area contributed by atoms with Gasteiger partial charge in [-0.25, -0.2) is 0 Å². The maximum absolute atomic E-state index is 10.1. The zero-order valence-corrected chi connectivity index (χ0v) is 16.4. The molecule has 0 heterocycles. The number of aliphatic hydroxyl groups excluding tert-OH is 2. The molecular formula is C18H26O2Si2. The monoisotopic (exact) mass is 330 g/mol. The molecule has 0 fully saturated rings. The van der Waals surface area contributed by atoms with Crippen molar-refractivity contribution in [2.75, 3.05) is 0 Å². The standard InChI is InChI=1S/C18H26O2Si2/c1-21(2,3)13-11-17(19)15-7-9-16(10-8-15)18(20)12-14-22(4,5)6/h7-10,17-20H,1-6H3. The molecular weight excluding hydrogens is 304 g/mol. The van der Waals surface area contributed by atoms with E-state index < -0.39 is 28.4 Å². The van der Waals surface area contributed by atoms with Crippen LogP contribution in [0.25, 0.3) is 0 Å². The molecule has 0 aliphatic rings. The van der Waals surface area contributed by atoms with Crippen LogP contribution < -0.4 is 0 Å². The maximum atomic E-state index is 10.1. The SMILES string of the molecule is C[Si](C)(C)C#CC(O)c1ccc(C(O)C#C[Si](C)(C)C)cc1. The minimum atomic E-state index is -1.49. The van der Waals surface area contributed by atoms with E-state index in [1.54, 1.807) is 24.3 Å². The van der Waals surface area contributed by atoms with Gasteiger partial charge in [0.2, 0.25) is 0 Å². The van der Waals surface area contributed by atoms with Gasteiger partial charge in [-0.2, -0.15) is 0 Å². The van der Waals surface area contributed by atoms with Gasteiger partial charge in [-0.1, -0.05) is 75.4 Å². The number of rotatable bonds is 2. The van der Waals surface area contributed by atoms with Crippen LogP contribution in [0.5, 0.6) is 0 Å². The highest BCUT2D eigenvalue weighted by atomic mass is 28.3. The van der Waals surface area contributed by atoms with Gasteiger partial charge in [0.1, 0.15) is 28.4 Å². The van der Waals surface area contributed by atoms with E-state index in [1.165, 1.54) is 0 Å². The molecule has 0 aliphatic heterocycles. The van der Waals surface area contributed by atoms with Crippen LogP contribution in [0.4, 0.5) is 0 Å². The average Bonchev–Trinajstić information content (AvgIpc) is 2.40. The Kier molecular flexibility index (Phi) is 6.22. The fourth-order valence-electron chi connectivity index (χ4n) is 1.60. The topological polar surface area (TPSA) is 40.5 Å². The summed E-state index contributed by atoms with van der Waals surface area (Å²) in [5.74, 6) is 5.83. The molecule has 0 radical (unpaired) electrons. The Hall–Kier alpha value is -1.31. The van der Waals surface area contributed by atoms with Gasteiger partial charge in [-0.15, -0.1) is 11.1 Å². The van der Waals surface area contributed by atoms with Gasteiger partial charge < -0.3 is 10.2 Å². The third-order valence-corrected chi connectivity index (χ3v) is 4.52. The van der Waals surface area contributed by atoms with Crippen LogP contribution in [0.15, 0.2) is 24.3 Å². The zero-order valence-electron chi connectivity index (χ0n) is 14.4. The fraction of sp³-hybridized carbons (Fsp3) is 0.444. The first kappa shape index (κ1) is 18.7. The number of benzene rings is 1. The molecule has 4 heteroatoms. The molecule has 1 aromatic rings. The summed E-state index contributed by atoms with van der Waals surface area (Å²) in [6, 6.07) is 7.22. The number of hydrogen-bond acceptors (Lipinski definition) is 2. The molecule has 0 spiro atoms. The molecule has 0 aromatic heterocycles. The molecule has 1 rings (SSSR count). The van der Waals surface area contributed by atoms with Crippen LogP contribution >= 0.6 is 0 Å². The fourth-order valence-corrected chi connectivity index (χ4v) is 2.74. The second-order valence-electron chi connectivity index (χ2n) is 7.51. The van der Waals surface area contributed by atoms with Crippen molar-refractivity contribution >= 4 is 16.1 Å². The minimum absolute atomic E-state index is 0.750. The summed E-state index contributed by atoms with van der Waals surface area (Å²) in [4.78, 5) is 0. The molecule has 2 unspecified atom stereocenters. The van der Waals surface area contributed by atoms with E-state index in [9.17, 15) is 10.2 Å². The van der Waals surface area contributed by atoms with Gasteiger partial charge in [-0.3, -0.25) is 0 Å². The van der Waals surface area contributed by atoms with Gasteiger partial charge in [0.05, 0.1) is 0 Å². The third-order valence-electron chi connectivity index (χ3n) is 2.74. The summed E-state index contributed by atoms with van der Waals surface area (Å²) >= 11 is 0. The van der Waals surface area contributed by atoms with Crippen molar-refractivity contribution in [1.29, 1.82) is 0 Å². The van der Waals surface area contributed by atoms with Crippen LogP contribution in [0.1, 0.15) is 23.3 Å². The predicted molar refractivity (Wildman–Crippen MR) is 98.6 cm³/mol. The van der Waals surface area contributed by atoms with Crippen LogP contribution in [0.3, 0.4) is 0 Å². The van der Waals surface area contributed by atoms with E-state index in [-0.39, 0.29) is 0 Å². The maximum Gasteiger partial charge on any atom is 0.139 e. The van der Waals surface area contributed by atoms with Crippen molar-refractivity contribution in [3.8, 4) is 22.9 Å². The second-order valence-corrected chi connectivity index (χ2v) is 17.0. The summed E-state index contributed by atoms with van der Waals surface area (Å²) < 4.78 is 0. The molecule has 2 atom stereocenters. The Morgan fingerprint density at radius 2 is 0.955 bits per heavy atom. The third kappa shape index (κ3) is 7.11. The Bertz CT molecular complexity index is 557. The summed E-state index contributed by atoms with van der Waals surface area (Å²) in [6.07, 6.45) is -1.54. The first-order chi connectivity index (χ1) is 9.98. The van der Waals surface area contributed by atoms with Crippen molar-refractivity contribution in [2.45, 2.75) is 51.5 Å². The van der Waals surface area contributed by atoms with Crippen LogP contribution in [-0.2, 0) is 0 Å². The van der Waals surface area contributed by atoms with Crippen molar-refractivity contribution in [3.63, 3.8) is 0 Å². The van der Waals surface area contributed by atoms with E-state index in [4.69, 9.17) is 0 Å². The lowest BCUT2D eigenvalue weighted by Gasteiger charge is -2.10. The van der Waals surface area contributed by atoms with Crippen LogP contribution in [0.2, 0.25) is 39.3 Å². The molecule has 2 N–H and O–H groups in total. The molecule has 0 saturated carbocycles. The van der Waals surface area contributed by atoms with Crippen molar-refractivity contribution in [2.24, 2.45) is 0 Å². The molecule has 2 nitrogen and oxygen atoms in total. The lowest BCUT2D eigenvalue weighted by molar-refractivity contribution is 0.234. The Morgan fingerprint density at radius 3 is 1.18 bits per heavy atom. The smallest absolute Gasteiger partial charge is 0.139 e. The second kappa shape index (κ2) is 7.31. The lowest BCUT2D eigenvalue weighted by Crippen LogP contribution is -2.17. The average molecular weight is 331 g/mol. The van der Waals surface area contributed by atoms with Crippen LogP contribution in [0, 0.1) is 22.9 Å². The normalized spacial score (nSPS) is 14.2. The van der Waals surface area contributed by atoms with Gasteiger partial charge >= 0.3 is 0 Å². The van der Waals surface area contributed by atoms with E-state index in [0.717, 1.165) is 11.1 Å². The summed E-state index contributed by atoms with van der Waals surface area (Å²) in [5.41, 5.74) is 7.83. The first-order valence-corrected chi connectivity index (χ1v) is 14.5. The van der Waals surface area contributed by atoms with Crippen molar-refractivity contribution < 1.29 is 10.2 Å². The van der Waals surface area contributed by atoms with E-state index >= 15 is 0 Å². The molecule has 1 aromatic carbocycles. The van der Waals surface area contributed by atoms with Crippen molar-refractivity contribution in [1.82, 2.24) is 0 Å². The van der Waals surface area contributed by atoms with Crippen molar-refractivity contribution in [3.05, 3.63) is 35.4 Å². The highest BCUT2D eigenvalue weighted by Crippen LogP contribution is 2.18. The molecule has 118 valence electrons. The summed E-state index contributed by atoms with van der Waals surface area (Å²) in [5, 5.41) is 20.2. The largest absolute Gasteiger partial charge is 0.376 e. The Balaban J connectivity index is 2.86. The number of hydrogen-bond donors (Lipinski definition) is 2. The highest BCUT2D eigenvalue weighted by molar-refractivity contribution is 6.84. The molecule has 0 aliphatic carbocycles. The predicted octanol–water partition coefficient (Wildman–Crippen LogP) is 3.52.